The van der Waals surface area contributed by atoms with E-state index < -0.39 is 11.7 Å². The van der Waals surface area contributed by atoms with Gasteiger partial charge in [0.15, 0.2) is 0 Å². The van der Waals surface area contributed by atoms with Crippen LogP contribution in [0.2, 0.25) is 0 Å². The molecule has 0 saturated carbocycles. The second-order valence-electron chi connectivity index (χ2n) is 7.08. The van der Waals surface area contributed by atoms with Crippen LogP contribution in [0.15, 0.2) is 51.9 Å². The Hall–Kier alpha value is -2.52. The SMILES string of the molecule is N[C@@H]1CCN(c2cc(Nc3ccc(C(F)(F)F)cc3)c3c(=O)[nH]cc(Br)c3c2)C1. The largest absolute Gasteiger partial charge is 0.416 e. The van der Waals surface area contributed by atoms with E-state index in [9.17, 15) is 18.0 Å². The third-order valence-corrected chi connectivity index (χ3v) is 5.67. The molecule has 0 unspecified atom stereocenters. The molecular weight excluding hydrogens is 449 g/mol. The summed E-state index contributed by atoms with van der Waals surface area (Å²) in [6.07, 6.45) is -1.95. The van der Waals surface area contributed by atoms with Gasteiger partial charge in [-0.2, -0.15) is 13.2 Å². The molecular formula is C20H18BrF3N4O. The summed E-state index contributed by atoms with van der Waals surface area (Å²) in [4.78, 5) is 17.3. The van der Waals surface area contributed by atoms with E-state index in [-0.39, 0.29) is 11.6 Å². The maximum Gasteiger partial charge on any atom is 0.416 e. The summed E-state index contributed by atoms with van der Waals surface area (Å²) < 4.78 is 39.2. The molecule has 2 aromatic carbocycles. The minimum atomic E-state index is -4.40. The molecule has 1 saturated heterocycles. The molecule has 5 nitrogen and oxygen atoms in total. The smallest absolute Gasteiger partial charge is 0.370 e. The van der Waals surface area contributed by atoms with Gasteiger partial charge in [-0.15, -0.1) is 0 Å². The highest BCUT2D eigenvalue weighted by Crippen LogP contribution is 2.35. The van der Waals surface area contributed by atoms with Crippen LogP contribution in [0.4, 0.5) is 30.2 Å². The first-order chi connectivity index (χ1) is 13.7. The van der Waals surface area contributed by atoms with Gasteiger partial charge in [-0.1, -0.05) is 0 Å². The number of rotatable bonds is 3. The monoisotopic (exact) mass is 466 g/mol. The maximum atomic E-state index is 12.8. The number of aromatic nitrogens is 1. The second-order valence-corrected chi connectivity index (χ2v) is 7.93. The summed E-state index contributed by atoms with van der Waals surface area (Å²) in [5.74, 6) is 0. The lowest BCUT2D eigenvalue weighted by Gasteiger charge is -2.21. The molecule has 1 aromatic heterocycles. The predicted octanol–water partition coefficient (Wildman–Crippen LogP) is 4.59. The molecule has 29 heavy (non-hydrogen) atoms. The lowest BCUT2D eigenvalue weighted by atomic mass is 10.1. The fourth-order valence-electron chi connectivity index (χ4n) is 3.54. The van der Waals surface area contributed by atoms with Crippen LogP contribution in [0.5, 0.6) is 0 Å². The molecule has 4 N–H and O–H groups in total. The van der Waals surface area contributed by atoms with Crippen molar-refractivity contribution >= 4 is 43.8 Å². The highest BCUT2D eigenvalue weighted by Gasteiger charge is 2.30. The van der Waals surface area contributed by atoms with Crippen molar-refractivity contribution in [1.29, 1.82) is 0 Å². The highest BCUT2D eigenvalue weighted by molar-refractivity contribution is 9.10. The third-order valence-electron chi connectivity index (χ3n) is 5.02. The zero-order chi connectivity index (χ0) is 20.8. The second kappa shape index (κ2) is 7.38. The Labute approximate surface area is 172 Å². The minimum Gasteiger partial charge on any atom is -0.370 e. The first kappa shape index (κ1) is 19.8. The third kappa shape index (κ3) is 3.97. The Morgan fingerprint density at radius 2 is 1.93 bits per heavy atom. The van der Waals surface area contributed by atoms with Crippen molar-refractivity contribution in [3.63, 3.8) is 0 Å². The summed E-state index contributed by atoms with van der Waals surface area (Å²) in [6.45, 7) is 1.50. The van der Waals surface area contributed by atoms with E-state index in [1.807, 2.05) is 12.1 Å². The molecule has 3 aromatic rings. The summed E-state index contributed by atoms with van der Waals surface area (Å²) in [6, 6.07) is 8.55. The van der Waals surface area contributed by atoms with E-state index in [1.54, 1.807) is 6.20 Å². The van der Waals surface area contributed by atoms with Crippen LogP contribution in [0.1, 0.15) is 12.0 Å². The van der Waals surface area contributed by atoms with Gasteiger partial charge in [-0.05, 0) is 58.7 Å². The van der Waals surface area contributed by atoms with Crippen molar-refractivity contribution in [1.82, 2.24) is 4.98 Å². The lowest BCUT2D eigenvalue weighted by molar-refractivity contribution is -0.137. The van der Waals surface area contributed by atoms with Gasteiger partial charge >= 0.3 is 6.18 Å². The highest BCUT2D eigenvalue weighted by atomic mass is 79.9. The molecule has 1 aliphatic heterocycles. The normalized spacial score (nSPS) is 17.1. The van der Waals surface area contributed by atoms with Crippen molar-refractivity contribution in [3.05, 3.63) is 63.0 Å². The number of nitrogens with one attached hydrogen (secondary N) is 2. The average Bonchev–Trinajstić information content (AvgIpc) is 3.10. The van der Waals surface area contributed by atoms with Crippen LogP contribution in [0.25, 0.3) is 10.8 Å². The van der Waals surface area contributed by atoms with Crippen molar-refractivity contribution in [2.75, 3.05) is 23.3 Å². The predicted molar refractivity (Wildman–Crippen MR) is 112 cm³/mol. The minimum absolute atomic E-state index is 0.0830. The van der Waals surface area contributed by atoms with E-state index in [2.05, 4.69) is 31.1 Å². The Balaban J connectivity index is 1.79. The molecule has 0 aliphatic carbocycles. The number of nitrogens with two attached hydrogens (primary N) is 1. The number of hydrogen-bond acceptors (Lipinski definition) is 4. The number of H-pyrrole nitrogens is 1. The topological polar surface area (TPSA) is 74.2 Å². The molecule has 1 aliphatic rings. The van der Waals surface area contributed by atoms with Crippen molar-refractivity contribution < 1.29 is 13.2 Å². The average molecular weight is 467 g/mol. The standard InChI is InChI=1S/C20H18BrF3N4O/c21-16-9-26-19(29)18-15(16)7-14(28-6-5-12(25)10-28)8-17(18)27-13-3-1-11(2-4-13)20(22,23)24/h1-4,7-9,12,27H,5-6,10,25H2,(H,26,29)/t12-/m1/s1. The Morgan fingerprint density at radius 1 is 1.21 bits per heavy atom. The van der Waals surface area contributed by atoms with Gasteiger partial charge in [0, 0.05) is 46.6 Å². The first-order valence-corrected chi connectivity index (χ1v) is 9.81. The van der Waals surface area contributed by atoms with Gasteiger partial charge in [0.25, 0.3) is 5.56 Å². The molecule has 0 bridgehead atoms. The van der Waals surface area contributed by atoms with Crippen LogP contribution >= 0.6 is 15.9 Å². The summed E-state index contributed by atoms with van der Waals surface area (Å²) in [7, 11) is 0. The molecule has 0 spiro atoms. The van der Waals surface area contributed by atoms with E-state index in [1.165, 1.54) is 12.1 Å². The number of aromatic amines is 1. The molecule has 0 amide bonds. The number of hydrogen-bond donors (Lipinski definition) is 3. The number of pyridine rings is 1. The first-order valence-electron chi connectivity index (χ1n) is 9.02. The molecule has 2 heterocycles. The van der Waals surface area contributed by atoms with Gasteiger partial charge in [0.1, 0.15) is 0 Å². The molecule has 0 radical (unpaired) electrons. The Bertz CT molecular complexity index is 1110. The van der Waals surface area contributed by atoms with Crippen molar-refractivity contribution in [2.24, 2.45) is 5.73 Å². The van der Waals surface area contributed by atoms with E-state index >= 15 is 0 Å². The van der Waals surface area contributed by atoms with Crippen LogP contribution in [0, 0.1) is 0 Å². The number of anilines is 3. The quantitative estimate of drug-likeness (QED) is 0.527. The number of benzene rings is 2. The fourth-order valence-corrected chi connectivity index (χ4v) is 3.97. The van der Waals surface area contributed by atoms with Gasteiger partial charge in [-0.25, -0.2) is 0 Å². The number of halogens is 4. The molecule has 1 atom stereocenters. The van der Waals surface area contributed by atoms with Gasteiger partial charge < -0.3 is 20.9 Å². The van der Waals surface area contributed by atoms with E-state index in [4.69, 9.17) is 5.73 Å². The van der Waals surface area contributed by atoms with Crippen LogP contribution < -0.4 is 21.5 Å². The van der Waals surface area contributed by atoms with Gasteiger partial charge in [0.2, 0.25) is 0 Å². The van der Waals surface area contributed by atoms with Gasteiger partial charge in [-0.3, -0.25) is 4.79 Å². The van der Waals surface area contributed by atoms with Crippen LogP contribution in [0.3, 0.4) is 0 Å². The number of nitrogens with zero attached hydrogens (tertiary/aromatic N) is 1. The fraction of sp³-hybridized carbons (Fsp3) is 0.250. The lowest BCUT2D eigenvalue weighted by Crippen LogP contribution is -2.26. The molecule has 4 rings (SSSR count). The molecule has 9 heteroatoms. The van der Waals surface area contributed by atoms with Crippen LogP contribution in [-0.2, 0) is 6.18 Å². The molecule has 1 fully saturated rings. The molecule has 152 valence electrons. The zero-order valence-corrected chi connectivity index (χ0v) is 16.8. The summed E-state index contributed by atoms with van der Waals surface area (Å²) >= 11 is 3.47. The van der Waals surface area contributed by atoms with E-state index in [0.717, 1.165) is 30.8 Å². The summed E-state index contributed by atoms with van der Waals surface area (Å²) in [5, 5.41) is 4.23. The number of fused-ring (bicyclic) bond motifs is 1. The van der Waals surface area contributed by atoms with E-state index in [0.29, 0.717) is 33.2 Å². The Kier molecular flexibility index (Phi) is 5.04. The Morgan fingerprint density at radius 3 is 2.55 bits per heavy atom. The van der Waals surface area contributed by atoms with Crippen molar-refractivity contribution in [2.45, 2.75) is 18.6 Å². The number of alkyl halides is 3. The maximum absolute atomic E-state index is 12.8. The van der Waals surface area contributed by atoms with Crippen molar-refractivity contribution in [3.8, 4) is 0 Å². The zero-order valence-electron chi connectivity index (χ0n) is 15.2. The van der Waals surface area contributed by atoms with Crippen LogP contribution in [-0.4, -0.2) is 24.1 Å². The summed E-state index contributed by atoms with van der Waals surface area (Å²) in [5.41, 5.74) is 6.87. The van der Waals surface area contributed by atoms with Gasteiger partial charge in [0.05, 0.1) is 16.6 Å².